The molecule has 0 atom stereocenters. The number of rotatable bonds is 2. The number of hydrogen-bond donors (Lipinski definition) is 4. The number of amides is 1. The zero-order valence-corrected chi connectivity index (χ0v) is 11.0. The number of carbonyl (C=O) groups excluding carboxylic acids is 1. The van der Waals surface area contributed by atoms with Crippen LogP contribution in [0.4, 0.5) is 5.69 Å². The Morgan fingerprint density at radius 2 is 1.67 bits per heavy atom. The van der Waals surface area contributed by atoms with E-state index in [9.17, 15) is 15.0 Å². The first-order valence-corrected chi connectivity index (χ1v) is 6.12. The number of nitrogens with one attached hydrogen (secondary N) is 1. The molecule has 1 amide bonds. The van der Waals surface area contributed by atoms with E-state index in [0.29, 0.717) is 5.69 Å². The normalized spacial score (nSPS) is 9.57. The Bertz CT molecular complexity index is 691. The summed E-state index contributed by atoms with van der Waals surface area (Å²) in [5, 5.41) is 29.9. The molecular weight excluding hydrogens is 270 g/mol. The van der Waals surface area contributed by atoms with Gasteiger partial charge in [0.2, 0.25) is 0 Å². The Balaban J connectivity index is 2.12. The van der Waals surface area contributed by atoms with Crippen molar-refractivity contribution in [2.75, 3.05) is 11.9 Å². The van der Waals surface area contributed by atoms with Gasteiger partial charge in [0.15, 0.2) is 0 Å². The second-order valence-corrected chi connectivity index (χ2v) is 4.23. The first-order chi connectivity index (χ1) is 10.1. The zero-order chi connectivity index (χ0) is 15.2. The SMILES string of the molecule is O=C(Nc1ccc(C#CCO)cc1)c1cc(O)cc(O)c1. The number of aromatic hydroxyl groups is 2. The lowest BCUT2D eigenvalue weighted by atomic mass is 10.1. The first-order valence-electron chi connectivity index (χ1n) is 6.12. The van der Waals surface area contributed by atoms with Crippen LogP contribution >= 0.6 is 0 Å². The third-order valence-electron chi connectivity index (χ3n) is 2.62. The van der Waals surface area contributed by atoms with E-state index in [1.54, 1.807) is 24.3 Å². The number of anilines is 1. The van der Waals surface area contributed by atoms with Crippen LogP contribution in [-0.2, 0) is 0 Å². The maximum absolute atomic E-state index is 12.0. The van der Waals surface area contributed by atoms with Crippen LogP contribution in [0.1, 0.15) is 15.9 Å². The minimum atomic E-state index is -0.449. The van der Waals surface area contributed by atoms with Crippen molar-refractivity contribution in [2.45, 2.75) is 0 Å². The Morgan fingerprint density at radius 1 is 1.05 bits per heavy atom. The van der Waals surface area contributed by atoms with Gasteiger partial charge in [-0.2, -0.15) is 0 Å². The molecule has 0 radical (unpaired) electrons. The summed E-state index contributed by atoms with van der Waals surface area (Å²) in [5.41, 5.74) is 1.42. The van der Waals surface area contributed by atoms with Crippen molar-refractivity contribution in [1.82, 2.24) is 0 Å². The molecule has 4 N–H and O–H groups in total. The van der Waals surface area contributed by atoms with Gasteiger partial charge in [0.1, 0.15) is 18.1 Å². The third-order valence-corrected chi connectivity index (χ3v) is 2.62. The summed E-state index contributed by atoms with van der Waals surface area (Å²) < 4.78 is 0. The van der Waals surface area contributed by atoms with E-state index < -0.39 is 5.91 Å². The first kappa shape index (κ1) is 14.4. The quantitative estimate of drug-likeness (QED) is 0.631. The fourth-order valence-electron chi connectivity index (χ4n) is 1.71. The van der Waals surface area contributed by atoms with E-state index in [2.05, 4.69) is 17.2 Å². The van der Waals surface area contributed by atoms with Gasteiger partial charge >= 0.3 is 0 Å². The Morgan fingerprint density at radius 3 is 2.24 bits per heavy atom. The molecular formula is C16H13NO4. The van der Waals surface area contributed by atoms with Gasteiger partial charge in [-0.05, 0) is 36.4 Å². The van der Waals surface area contributed by atoms with Gasteiger partial charge in [-0.15, -0.1) is 0 Å². The van der Waals surface area contributed by atoms with Crippen molar-refractivity contribution in [2.24, 2.45) is 0 Å². The zero-order valence-electron chi connectivity index (χ0n) is 11.0. The van der Waals surface area contributed by atoms with Gasteiger partial charge < -0.3 is 20.6 Å². The van der Waals surface area contributed by atoms with E-state index in [1.165, 1.54) is 12.1 Å². The lowest BCUT2D eigenvalue weighted by Crippen LogP contribution is -2.11. The fraction of sp³-hybridized carbons (Fsp3) is 0.0625. The minimum Gasteiger partial charge on any atom is -0.508 e. The van der Waals surface area contributed by atoms with E-state index in [-0.39, 0.29) is 23.7 Å². The molecule has 0 aromatic heterocycles. The highest BCUT2D eigenvalue weighted by Gasteiger charge is 2.08. The highest BCUT2D eigenvalue weighted by Crippen LogP contribution is 2.21. The molecule has 0 fully saturated rings. The number of benzene rings is 2. The lowest BCUT2D eigenvalue weighted by molar-refractivity contribution is 0.102. The van der Waals surface area contributed by atoms with Crippen LogP contribution in [0.5, 0.6) is 11.5 Å². The summed E-state index contributed by atoms with van der Waals surface area (Å²) in [6.45, 7) is -0.209. The average Bonchev–Trinajstić information content (AvgIpc) is 2.45. The molecule has 2 aromatic carbocycles. The molecule has 0 spiro atoms. The summed E-state index contributed by atoms with van der Waals surface area (Å²) >= 11 is 0. The van der Waals surface area contributed by atoms with Crippen LogP contribution in [0.15, 0.2) is 42.5 Å². The van der Waals surface area contributed by atoms with E-state index in [0.717, 1.165) is 11.6 Å². The second-order valence-electron chi connectivity index (χ2n) is 4.23. The lowest BCUT2D eigenvalue weighted by Gasteiger charge is -2.06. The van der Waals surface area contributed by atoms with Gasteiger partial charge in [0, 0.05) is 22.9 Å². The van der Waals surface area contributed by atoms with Crippen molar-refractivity contribution in [3.8, 4) is 23.3 Å². The molecule has 0 bridgehead atoms. The van der Waals surface area contributed by atoms with Crippen molar-refractivity contribution in [3.63, 3.8) is 0 Å². The number of phenolic OH excluding ortho intramolecular Hbond substituents is 2. The number of carbonyl (C=O) groups is 1. The number of aliphatic hydroxyl groups is 1. The van der Waals surface area contributed by atoms with Gasteiger partial charge in [-0.1, -0.05) is 11.8 Å². The average molecular weight is 283 g/mol. The molecule has 0 heterocycles. The Hall–Kier alpha value is -2.97. The van der Waals surface area contributed by atoms with Gasteiger partial charge in [0.25, 0.3) is 5.91 Å². The topological polar surface area (TPSA) is 89.8 Å². The minimum absolute atomic E-state index is 0.150. The second kappa shape index (κ2) is 6.46. The van der Waals surface area contributed by atoms with Crippen LogP contribution in [0.25, 0.3) is 0 Å². The summed E-state index contributed by atoms with van der Waals surface area (Å²) in [6, 6.07) is 10.4. The maximum Gasteiger partial charge on any atom is 0.255 e. The molecule has 0 aliphatic heterocycles. The van der Waals surface area contributed by atoms with Crippen LogP contribution in [0.3, 0.4) is 0 Å². The molecule has 0 aliphatic carbocycles. The molecule has 5 heteroatoms. The third kappa shape index (κ3) is 4.00. The highest BCUT2D eigenvalue weighted by molar-refractivity contribution is 6.04. The largest absolute Gasteiger partial charge is 0.508 e. The molecule has 2 aromatic rings. The van der Waals surface area contributed by atoms with Crippen LogP contribution in [0.2, 0.25) is 0 Å². The Kier molecular flexibility index (Phi) is 4.44. The predicted molar refractivity (Wildman–Crippen MR) is 78.1 cm³/mol. The molecule has 2 rings (SSSR count). The smallest absolute Gasteiger partial charge is 0.255 e. The molecule has 0 aliphatic rings. The maximum atomic E-state index is 12.0. The predicted octanol–water partition coefficient (Wildman–Crippen LogP) is 1.69. The monoisotopic (exact) mass is 283 g/mol. The fourth-order valence-corrected chi connectivity index (χ4v) is 1.71. The van der Waals surface area contributed by atoms with Crippen molar-refractivity contribution < 1.29 is 20.1 Å². The molecule has 21 heavy (non-hydrogen) atoms. The van der Waals surface area contributed by atoms with E-state index >= 15 is 0 Å². The van der Waals surface area contributed by atoms with Crippen LogP contribution < -0.4 is 5.32 Å². The number of hydrogen-bond acceptors (Lipinski definition) is 4. The van der Waals surface area contributed by atoms with Crippen molar-refractivity contribution >= 4 is 11.6 Å². The van der Waals surface area contributed by atoms with E-state index in [4.69, 9.17) is 5.11 Å². The number of aliphatic hydroxyl groups excluding tert-OH is 1. The molecule has 5 nitrogen and oxygen atoms in total. The summed E-state index contributed by atoms with van der Waals surface area (Å²) in [4.78, 5) is 12.0. The van der Waals surface area contributed by atoms with Crippen LogP contribution in [0, 0.1) is 11.8 Å². The molecule has 0 unspecified atom stereocenters. The highest BCUT2D eigenvalue weighted by atomic mass is 16.3. The molecule has 0 saturated carbocycles. The van der Waals surface area contributed by atoms with Gasteiger partial charge in [-0.25, -0.2) is 0 Å². The summed E-state index contributed by atoms with van der Waals surface area (Å²) in [7, 11) is 0. The number of phenols is 2. The van der Waals surface area contributed by atoms with Crippen molar-refractivity contribution in [3.05, 3.63) is 53.6 Å². The molecule has 0 saturated heterocycles. The van der Waals surface area contributed by atoms with Crippen LogP contribution in [-0.4, -0.2) is 27.8 Å². The van der Waals surface area contributed by atoms with Gasteiger partial charge in [-0.3, -0.25) is 4.79 Å². The van der Waals surface area contributed by atoms with Gasteiger partial charge in [0.05, 0.1) is 0 Å². The van der Waals surface area contributed by atoms with E-state index in [1.807, 2.05) is 0 Å². The molecule has 106 valence electrons. The van der Waals surface area contributed by atoms with Crippen molar-refractivity contribution in [1.29, 1.82) is 0 Å². The summed E-state index contributed by atoms with van der Waals surface area (Å²) in [6.07, 6.45) is 0. The summed E-state index contributed by atoms with van der Waals surface area (Å²) in [5.74, 6) is 4.45. The standard InChI is InChI=1S/C16H13NO4/c18-7-1-2-11-3-5-13(6-4-11)17-16(21)12-8-14(19)10-15(20)9-12/h3-6,8-10,18-20H,7H2,(H,17,21). The Labute approximate surface area is 121 Å².